The van der Waals surface area contributed by atoms with E-state index in [1.54, 1.807) is 36.4 Å². The van der Waals surface area contributed by atoms with Crippen LogP contribution >= 0.6 is 11.6 Å². The lowest BCUT2D eigenvalue weighted by molar-refractivity contribution is 0.220. The maximum absolute atomic E-state index is 12.5. The van der Waals surface area contributed by atoms with Crippen molar-refractivity contribution in [3.63, 3.8) is 0 Å². The predicted octanol–water partition coefficient (Wildman–Crippen LogP) is 2.48. The largest absolute Gasteiger partial charge is 0.384 e. The first-order valence-electron chi connectivity index (χ1n) is 6.67. The molecule has 2 aromatic carbocycles. The summed E-state index contributed by atoms with van der Waals surface area (Å²) in [5.74, 6) is 0.135. The van der Waals surface area contributed by atoms with Crippen LogP contribution in [0, 0.1) is 0 Å². The third kappa shape index (κ3) is 2.52. The van der Waals surface area contributed by atoms with Gasteiger partial charge >= 0.3 is 0 Å². The zero-order valence-electron chi connectivity index (χ0n) is 11.5. The number of halogens is 1. The number of H-pyrrole nitrogens is 1. The Bertz CT molecular complexity index is 838. The van der Waals surface area contributed by atoms with E-state index in [0.717, 1.165) is 0 Å². The molecule has 0 aliphatic rings. The molecule has 3 rings (SSSR count). The smallest absolute Gasteiger partial charge is 0.279 e. The highest BCUT2D eigenvalue weighted by atomic mass is 35.5. The number of aliphatic hydroxyl groups excluding tert-OH is 1. The number of hydrogen-bond donors (Lipinski definition) is 3. The van der Waals surface area contributed by atoms with E-state index in [2.05, 4.69) is 5.10 Å². The van der Waals surface area contributed by atoms with Crippen molar-refractivity contribution in [2.75, 3.05) is 5.73 Å². The highest BCUT2D eigenvalue weighted by Crippen LogP contribution is 2.24. The molecule has 0 unspecified atom stereocenters. The molecule has 0 radical (unpaired) electrons. The number of nitrogen functional groups attached to an aromatic ring is 1. The molecule has 0 bridgehead atoms. The summed E-state index contributed by atoms with van der Waals surface area (Å²) < 4.78 is 1.31. The number of benzene rings is 2. The van der Waals surface area contributed by atoms with Crippen molar-refractivity contribution in [1.29, 1.82) is 0 Å². The van der Waals surface area contributed by atoms with E-state index >= 15 is 0 Å². The van der Waals surface area contributed by atoms with Gasteiger partial charge < -0.3 is 10.8 Å². The number of aromatic amines is 1. The highest BCUT2D eigenvalue weighted by Gasteiger charge is 2.22. The molecule has 1 aromatic heterocycles. The number of aromatic nitrogens is 2. The van der Waals surface area contributed by atoms with Crippen LogP contribution in [0.25, 0.3) is 5.69 Å². The van der Waals surface area contributed by atoms with Crippen molar-refractivity contribution >= 4 is 17.4 Å². The van der Waals surface area contributed by atoms with Crippen molar-refractivity contribution < 1.29 is 5.11 Å². The number of nitrogens with zero attached hydrogens (tertiary/aromatic N) is 1. The van der Waals surface area contributed by atoms with Crippen LogP contribution in [0.2, 0.25) is 5.02 Å². The van der Waals surface area contributed by atoms with Gasteiger partial charge in [0.05, 0.1) is 11.3 Å². The molecule has 0 amide bonds. The topological polar surface area (TPSA) is 84.0 Å². The van der Waals surface area contributed by atoms with Crippen LogP contribution in [0.3, 0.4) is 0 Å². The Kier molecular flexibility index (Phi) is 3.75. The number of hydrogen-bond acceptors (Lipinski definition) is 3. The van der Waals surface area contributed by atoms with Gasteiger partial charge in [0, 0.05) is 5.02 Å². The average molecular weight is 316 g/mol. The van der Waals surface area contributed by atoms with Gasteiger partial charge in [0.2, 0.25) is 0 Å². The summed E-state index contributed by atoms with van der Waals surface area (Å²) in [7, 11) is 0. The molecule has 1 atom stereocenters. The summed E-state index contributed by atoms with van der Waals surface area (Å²) in [4.78, 5) is 12.5. The summed E-state index contributed by atoms with van der Waals surface area (Å²) in [5, 5.41) is 13.8. The summed E-state index contributed by atoms with van der Waals surface area (Å²) in [6, 6.07) is 15.6. The standard InChI is InChI=1S/C16H14ClN3O2/c17-11-8-6-10(7-9-11)14(21)13-15(18)19-20(16(13)22)12-4-2-1-3-5-12/h1-9,14,19,21H,18H2/t14-/m0/s1. The summed E-state index contributed by atoms with van der Waals surface area (Å²) in [6.07, 6.45) is -1.12. The summed E-state index contributed by atoms with van der Waals surface area (Å²) in [5.41, 5.74) is 6.81. The summed E-state index contributed by atoms with van der Waals surface area (Å²) >= 11 is 5.83. The Morgan fingerprint density at radius 2 is 1.73 bits per heavy atom. The van der Waals surface area contributed by atoms with Crippen molar-refractivity contribution in [2.45, 2.75) is 6.10 Å². The van der Waals surface area contributed by atoms with Crippen LogP contribution in [0.5, 0.6) is 0 Å². The fraction of sp³-hybridized carbons (Fsp3) is 0.0625. The van der Waals surface area contributed by atoms with E-state index in [-0.39, 0.29) is 16.9 Å². The van der Waals surface area contributed by atoms with E-state index in [9.17, 15) is 9.90 Å². The molecule has 0 saturated heterocycles. The van der Waals surface area contributed by atoms with Gasteiger partial charge in [-0.25, -0.2) is 4.68 Å². The second-order valence-electron chi connectivity index (χ2n) is 4.87. The molecule has 0 fully saturated rings. The van der Waals surface area contributed by atoms with E-state index < -0.39 is 6.10 Å². The van der Waals surface area contributed by atoms with Crippen LogP contribution in [-0.4, -0.2) is 14.9 Å². The lowest BCUT2D eigenvalue weighted by Gasteiger charge is -2.09. The molecule has 0 saturated carbocycles. The highest BCUT2D eigenvalue weighted by molar-refractivity contribution is 6.30. The Hall–Kier alpha value is -2.50. The fourth-order valence-corrected chi connectivity index (χ4v) is 2.43. The van der Waals surface area contributed by atoms with Gasteiger partial charge in [-0.05, 0) is 29.8 Å². The van der Waals surface area contributed by atoms with Gasteiger partial charge in [0.1, 0.15) is 11.9 Å². The maximum Gasteiger partial charge on any atom is 0.279 e. The Labute approximate surface area is 131 Å². The summed E-state index contributed by atoms with van der Waals surface area (Å²) in [6.45, 7) is 0. The normalized spacial score (nSPS) is 12.3. The van der Waals surface area contributed by atoms with E-state index in [0.29, 0.717) is 16.3 Å². The van der Waals surface area contributed by atoms with Crippen LogP contribution in [0.15, 0.2) is 59.4 Å². The third-order valence-electron chi connectivity index (χ3n) is 3.43. The quantitative estimate of drug-likeness (QED) is 0.694. The minimum absolute atomic E-state index is 0.117. The number of nitrogens with one attached hydrogen (secondary N) is 1. The van der Waals surface area contributed by atoms with Crippen molar-refractivity contribution in [2.24, 2.45) is 0 Å². The minimum Gasteiger partial charge on any atom is -0.384 e. The molecule has 0 aliphatic carbocycles. The molecule has 5 nitrogen and oxygen atoms in total. The van der Waals surface area contributed by atoms with Gasteiger partial charge in [0.15, 0.2) is 0 Å². The van der Waals surface area contributed by atoms with Crippen LogP contribution in [-0.2, 0) is 0 Å². The van der Waals surface area contributed by atoms with E-state index in [1.807, 2.05) is 18.2 Å². The lowest BCUT2D eigenvalue weighted by atomic mass is 10.0. The molecule has 6 heteroatoms. The van der Waals surface area contributed by atoms with Crippen LogP contribution in [0.1, 0.15) is 17.2 Å². The van der Waals surface area contributed by atoms with Gasteiger partial charge in [-0.3, -0.25) is 9.89 Å². The van der Waals surface area contributed by atoms with Gasteiger partial charge in [-0.15, -0.1) is 0 Å². The number of aliphatic hydroxyl groups is 1. The van der Waals surface area contributed by atoms with Gasteiger partial charge in [-0.1, -0.05) is 41.9 Å². The Balaban J connectivity index is 2.07. The molecule has 0 aliphatic heterocycles. The lowest BCUT2D eigenvalue weighted by Crippen LogP contribution is -2.19. The molecular formula is C16H14ClN3O2. The molecule has 112 valence electrons. The molecule has 22 heavy (non-hydrogen) atoms. The van der Waals surface area contributed by atoms with Crippen molar-refractivity contribution in [1.82, 2.24) is 9.78 Å². The SMILES string of the molecule is Nc1[nH]n(-c2ccccc2)c(=O)c1[C@@H](O)c1ccc(Cl)cc1. The first-order chi connectivity index (χ1) is 10.6. The zero-order chi connectivity index (χ0) is 15.7. The maximum atomic E-state index is 12.5. The second-order valence-corrected chi connectivity index (χ2v) is 5.31. The molecule has 1 heterocycles. The van der Waals surface area contributed by atoms with Crippen LogP contribution in [0.4, 0.5) is 5.82 Å². The second kappa shape index (κ2) is 5.71. The predicted molar refractivity (Wildman–Crippen MR) is 86.3 cm³/mol. The average Bonchev–Trinajstić information content (AvgIpc) is 2.83. The molecule has 0 spiro atoms. The monoisotopic (exact) mass is 315 g/mol. The molecule has 4 N–H and O–H groups in total. The first-order valence-corrected chi connectivity index (χ1v) is 7.05. The Morgan fingerprint density at radius 1 is 1.09 bits per heavy atom. The number of rotatable bonds is 3. The van der Waals surface area contributed by atoms with Gasteiger partial charge in [0.25, 0.3) is 5.56 Å². The van der Waals surface area contributed by atoms with Crippen molar-refractivity contribution in [3.05, 3.63) is 81.1 Å². The van der Waals surface area contributed by atoms with Crippen LogP contribution < -0.4 is 11.3 Å². The fourth-order valence-electron chi connectivity index (χ4n) is 2.30. The Morgan fingerprint density at radius 3 is 2.36 bits per heavy atom. The minimum atomic E-state index is -1.12. The van der Waals surface area contributed by atoms with E-state index in [4.69, 9.17) is 17.3 Å². The number of anilines is 1. The number of para-hydroxylation sites is 1. The van der Waals surface area contributed by atoms with Gasteiger partial charge in [-0.2, -0.15) is 0 Å². The van der Waals surface area contributed by atoms with E-state index in [1.165, 1.54) is 4.68 Å². The number of nitrogens with two attached hydrogens (primary N) is 1. The first kappa shape index (κ1) is 14.4. The molecular weight excluding hydrogens is 302 g/mol. The molecule has 3 aromatic rings. The zero-order valence-corrected chi connectivity index (χ0v) is 12.3. The third-order valence-corrected chi connectivity index (χ3v) is 3.68. The van der Waals surface area contributed by atoms with Crippen molar-refractivity contribution in [3.8, 4) is 5.69 Å².